The van der Waals surface area contributed by atoms with Gasteiger partial charge < -0.3 is 5.32 Å². The number of hydrogen-bond donors (Lipinski definition) is 1. The highest BCUT2D eigenvalue weighted by atomic mass is 19.1. The van der Waals surface area contributed by atoms with E-state index in [0.717, 1.165) is 36.6 Å². The van der Waals surface area contributed by atoms with E-state index < -0.39 is 22.3 Å². The molecule has 2 aromatic carbocycles. The molecule has 0 radical (unpaired) electrons. The minimum atomic E-state index is -0.922. The Bertz CT molecular complexity index is 699. The minimum Gasteiger partial charge on any atom is -0.322 e. The van der Waals surface area contributed by atoms with Gasteiger partial charge in [0.25, 0.3) is 11.6 Å². The summed E-state index contributed by atoms with van der Waals surface area (Å²) in [4.78, 5) is 21.8. The van der Waals surface area contributed by atoms with Gasteiger partial charge in [0.1, 0.15) is 5.82 Å². The van der Waals surface area contributed by atoms with Crippen LogP contribution in [0, 0.1) is 15.9 Å². The van der Waals surface area contributed by atoms with Gasteiger partial charge in [-0.25, -0.2) is 4.39 Å². The van der Waals surface area contributed by atoms with Gasteiger partial charge in [-0.05, 0) is 30.2 Å². The van der Waals surface area contributed by atoms with Gasteiger partial charge in [0.15, 0.2) is 0 Å². The van der Waals surface area contributed by atoms with E-state index in [9.17, 15) is 19.3 Å². The van der Waals surface area contributed by atoms with Crippen LogP contribution in [0.25, 0.3) is 0 Å². The van der Waals surface area contributed by atoms with Gasteiger partial charge in [0, 0.05) is 11.8 Å². The first-order chi connectivity index (χ1) is 10.5. The zero-order valence-electron chi connectivity index (χ0n) is 12.0. The molecule has 0 saturated carbocycles. The molecular formula is C16H15FN2O3. The molecule has 22 heavy (non-hydrogen) atoms. The van der Waals surface area contributed by atoms with Crippen molar-refractivity contribution in [2.45, 2.75) is 19.8 Å². The smallest absolute Gasteiger partial charge is 0.272 e. The van der Waals surface area contributed by atoms with Crippen LogP contribution in [0.4, 0.5) is 15.8 Å². The number of rotatable bonds is 5. The second-order valence-electron chi connectivity index (χ2n) is 4.82. The number of nitro groups is 1. The zero-order valence-corrected chi connectivity index (χ0v) is 12.0. The van der Waals surface area contributed by atoms with Crippen LogP contribution < -0.4 is 5.32 Å². The fraction of sp³-hybridized carbons (Fsp3) is 0.188. The maximum Gasteiger partial charge on any atom is 0.272 e. The summed E-state index contributed by atoms with van der Waals surface area (Å²) in [6.45, 7) is 2.08. The Balaban J connectivity index is 2.13. The number of nitro benzene ring substituents is 1. The Morgan fingerprint density at radius 1 is 1.23 bits per heavy atom. The van der Waals surface area contributed by atoms with Gasteiger partial charge in [0.2, 0.25) is 0 Å². The zero-order chi connectivity index (χ0) is 16.1. The third-order valence-corrected chi connectivity index (χ3v) is 3.16. The molecule has 0 spiro atoms. The van der Waals surface area contributed by atoms with Crippen molar-refractivity contribution in [2.75, 3.05) is 5.32 Å². The molecule has 0 bridgehead atoms. The van der Waals surface area contributed by atoms with E-state index >= 15 is 0 Å². The van der Waals surface area contributed by atoms with E-state index in [1.165, 1.54) is 0 Å². The maximum atomic E-state index is 13.8. The average molecular weight is 302 g/mol. The normalized spacial score (nSPS) is 10.3. The number of halogens is 1. The number of non-ortho nitro benzene ring substituents is 1. The van der Waals surface area contributed by atoms with Crippen molar-refractivity contribution in [2.24, 2.45) is 0 Å². The highest BCUT2D eigenvalue weighted by Crippen LogP contribution is 2.18. The van der Waals surface area contributed by atoms with Gasteiger partial charge in [-0.2, -0.15) is 0 Å². The number of nitrogens with one attached hydrogen (secondary N) is 1. The summed E-state index contributed by atoms with van der Waals surface area (Å²) < 4.78 is 13.8. The number of anilines is 1. The average Bonchev–Trinajstić information content (AvgIpc) is 2.49. The molecule has 114 valence electrons. The second kappa shape index (κ2) is 6.80. The predicted octanol–water partition coefficient (Wildman–Crippen LogP) is 3.94. The Hall–Kier alpha value is -2.76. The lowest BCUT2D eigenvalue weighted by atomic mass is 10.1. The molecule has 1 N–H and O–H groups in total. The van der Waals surface area contributed by atoms with Crippen LogP contribution in [0.15, 0.2) is 42.5 Å². The molecule has 6 heteroatoms. The van der Waals surface area contributed by atoms with E-state index in [4.69, 9.17) is 0 Å². The maximum absolute atomic E-state index is 13.8. The summed E-state index contributed by atoms with van der Waals surface area (Å²) in [5.41, 5.74) is 1.07. The van der Waals surface area contributed by atoms with Crippen molar-refractivity contribution in [3.63, 3.8) is 0 Å². The van der Waals surface area contributed by atoms with Crippen LogP contribution in [0.5, 0.6) is 0 Å². The minimum absolute atomic E-state index is 0.233. The van der Waals surface area contributed by atoms with Crippen molar-refractivity contribution in [1.29, 1.82) is 0 Å². The number of nitrogens with zero attached hydrogens (tertiary/aromatic N) is 1. The van der Waals surface area contributed by atoms with Gasteiger partial charge in [-0.15, -0.1) is 0 Å². The molecule has 0 aromatic heterocycles. The molecule has 0 aliphatic carbocycles. The molecule has 2 rings (SSSR count). The molecule has 2 aromatic rings. The lowest BCUT2D eigenvalue weighted by Gasteiger charge is -2.07. The third-order valence-electron chi connectivity index (χ3n) is 3.16. The van der Waals surface area contributed by atoms with Gasteiger partial charge >= 0.3 is 0 Å². The SMILES string of the molecule is CCCc1ccc(NC(=O)c2ccc([N+](=O)[O-])cc2F)cc1. The molecule has 0 aliphatic heterocycles. The molecule has 0 heterocycles. The van der Waals surface area contributed by atoms with E-state index in [1.807, 2.05) is 12.1 Å². The highest BCUT2D eigenvalue weighted by Gasteiger charge is 2.16. The summed E-state index contributed by atoms with van der Waals surface area (Å²) in [6.07, 6.45) is 1.98. The first kappa shape index (κ1) is 15.6. The topological polar surface area (TPSA) is 72.2 Å². The fourth-order valence-electron chi connectivity index (χ4n) is 2.04. The first-order valence-corrected chi connectivity index (χ1v) is 6.85. The molecule has 0 unspecified atom stereocenters. The lowest BCUT2D eigenvalue weighted by Crippen LogP contribution is -2.13. The third kappa shape index (κ3) is 3.66. The number of amides is 1. The summed E-state index contributed by atoms with van der Waals surface area (Å²) in [7, 11) is 0. The molecule has 0 saturated heterocycles. The monoisotopic (exact) mass is 302 g/mol. The van der Waals surface area contributed by atoms with Crippen LogP contribution in [0.3, 0.4) is 0 Å². The molecule has 0 atom stereocenters. The number of carbonyl (C=O) groups excluding carboxylic acids is 1. The van der Waals surface area contributed by atoms with Crippen molar-refractivity contribution in [1.82, 2.24) is 0 Å². The summed E-state index contributed by atoms with van der Waals surface area (Å²) >= 11 is 0. The van der Waals surface area contributed by atoms with Crippen molar-refractivity contribution in [3.05, 3.63) is 69.5 Å². The van der Waals surface area contributed by atoms with Crippen molar-refractivity contribution >= 4 is 17.3 Å². The Kier molecular flexibility index (Phi) is 4.83. The largest absolute Gasteiger partial charge is 0.322 e. The van der Waals surface area contributed by atoms with Gasteiger partial charge in [-0.1, -0.05) is 25.5 Å². The molecule has 0 fully saturated rings. The molecular weight excluding hydrogens is 287 g/mol. The quantitative estimate of drug-likeness (QED) is 0.671. The molecule has 5 nitrogen and oxygen atoms in total. The van der Waals surface area contributed by atoms with Gasteiger partial charge in [0.05, 0.1) is 16.6 Å². The summed E-state index contributed by atoms with van der Waals surface area (Å²) in [6, 6.07) is 10.2. The van der Waals surface area contributed by atoms with Crippen molar-refractivity contribution < 1.29 is 14.1 Å². The van der Waals surface area contributed by atoms with Crippen LogP contribution in [-0.4, -0.2) is 10.8 Å². The number of aryl methyl sites for hydroxylation is 1. The Morgan fingerprint density at radius 2 is 1.91 bits per heavy atom. The summed E-state index contributed by atoms with van der Waals surface area (Å²) in [5, 5.41) is 13.1. The van der Waals surface area contributed by atoms with Crippen LogP contribution in [0.1, 0.15) is 29.3 Å². The van der Waals surface area contributed by atoms with Crippen LogP contribution >= 0.6 is 0 Å². The molecule has 1 amide bonds. The standard InChI is InChI=1S/C16H15FN2O3/c1-2-3-11-4-6-12(7-5-11)18-16(20)14-9-8-13(19(21)22)10-15(14)17/h4-10H,2-3H2,1H3,(H,18,20). The second-order valence-corrected chi connectivity index (χ2v) is 4.82. The van der Waals surface area contributed by atoms with E-state index in [1.54, 1.807) is 12.1 Å². The van der Waals surface area contributed by atoms with E-state index in [0.29, 0.717) is 5.69 Å². The fourth-order valence-corrected chi connectivity index (χ4v) is 2.04. The van der Waals surface area contributed by atoms with Crippen LogP contribution in [0.2, 0.25) is 0 Å². The number of carbonyl (C=O) groups is 1. The lowest BCUT2D eigenvalue weighted by molar-refractivity contribution is -0.385. The molecule has 0 aliphatic rings. The Morgan fingerprint density at radius 3 is 2.45 bits per heavy atom. The van der Waals surface area contributed by atoms with Crippen molar-refractivity contribution in [3.8, 4) is 0 Å². The number of hydrogen-bond acceptors (Lipinski definition) is 3. The highest BCUT2D eigenvalue weighted by molar-refractivity contribution is 6.04. The Labute approximate surface area is 126 Å². The van der Waals surface area contributed by atoms with E-state index in [-0.39, 0.29) is 5.56 Å². The number of benzene rings is 2. The van der Waals surface area contributed by atoms with Gasteiger partial charge in [-0.3, -0.25) is 14.9 Å². The van der Waals surface area contributed by atoms with E-state index in [2.05, 4.69) is 12.2 Å². The first-order valence-electron chi connectivity index (χ1n) is 6.85. The summed E-state index contributed by atoms with van der Waals surface area (Å²) in [5.74, 6) is -1.56. The predicted molar refractivity (Wildman–Crippen MR) is 81.4 cm³/mol. The van der Waals surface area contributed by atoms with Crippen LogP contribution in [-0.2, 0) is 6.42 Å².